The molecule has 0 spiro atoms. The van der Waals surface area contributed by atoms with Crippen LogP contribution < -0.4 is 10.5 Å². The number of rotatable bonds is 7. The molecule has 0 aromatic carbocycles. The van der Waals surface area contributed by atoms with Gasteiger partial charge in [0, 0.05) is 31.2 Å². The largest absolute Gasteiger partial charge is 0.466 e. The summed E-state index contributed by atoms with van der Waals surface area (Å²) < 4.78 is 7.30. The van der Waals surface area contributed by atoms with Crippen LogP contribution in [0.4, 0.5) is 5.82 Å². The molecule has 1 atom stereocenters. The Morgan fingerprint density at radius 1 is 1.29 bits per heavy atom. The molecule has 1 aromatic heterocycles. The lowest BCUT2D eigenvalue weighted by Crippen LogP contribution is -2.41. The quantitative estimate of drug-likeness (QED) is 0.307. The first-order chi connectivity index (χ1) is 16.7. The van der Waals surface area contributed by atoms with Crippen molar-refractivity contribution in [1.29, 1.82) is 5.26 Å². The normalized spacial score (nSPS) is 18.8. The van der Waals surface area contributed by atoms with E-state index in [0.29, 0.717) is 65.3 Å². The van der Waals surface area contributed by atoms with Gasteiger partial charge in [0.15, 0.2) is 0 Å². The predicted molar refractivity (Wildman–Crippen MR) is 142 cm³/mol. The molecular weight excluding hydrogens is 484 g/mol. The van der Waals surface area contributed by atoms with E-state index < -0.39 is 0 Å². The first-order valence-corrected chi connectivity index (χ1v) is 13.3. The van der Waals surface area contributed by atoms with Crippen LogP contribution >= 0.6 is 24.0 Å². The van der Waals surface area contributed by atoms with Gasteiger partial charge >= 0.3 is 5.97 Å². The third kappa shape index (κ3) is 5.16. The molecule has 188 valence electrons. The number of amides is 1. The molecule has 0 radical (unpaired) electrons. The van der Waals surface area contributed by atoms with Crippen LogP contribution in [0, 0.1) is 24.2 Å². The molecule has 0 bridgehead atoms. The molecule has 2 aliphatic heterocycles. The fourth-order valence-corrected chi connectivity index (χ4v) is 5.98. The van der Waals surface area contributed by atoms with E-state index in [1.807, 2.05) is 20.8 Å². The molecule has 3 rings (SSSR count). The molecule has 10 heteroatoms. The summed E-state index contributed by atoms with van der Waals surface area (Å²) in [5.74, 6) is 0.145. The molecule has 8 nitrogen and oxygen atoms in total. The average molecular weight is 517 g/mol. The first kappa shape index (κ1) is 27.0. The maximum Gasteiger partial charge on any atom is 0.309 e. The molecule has 0 N–H and O–H groups in total. The van der Waals surface area contributed by atoms with Crippen molar-refractivity contribution in [1.82, 2.24) is 9.47 Å². The zero-order valence-electron chi connectivity index (χ0n) is 20.9. The maximum atomic E-state index is 13.2. The standard InChI is InChI=1S/C25H32N4O4S2/c1-6-15(4)29-23(31)20(35-25(29)34)13-18-16(5)19(14-26)22(30)28(7-2)21(18)27-11-9-17(10-12-27)24(32)33-8-3/h13,15,17H,6-12H2,1-5H3/b20-13+. The molecule has 35 heavy (non-hydrogen) atoms. The summed E-state index contributed by atoms with van der Waals surface area (Å²) in [5, 5.41) is 9.74. The topological polar surface area (TPSA) is 95.6 Å². The Balaban J connectivity index is 2.10. The second-order valence-corrected chi connectivity index (χ2v) is 10.4. The Morgan fingerprint density at radius 2 is 1.94 bits per heavy atom. The third-order valence-electron chi connectivity index (χ3n) is 6.71. The molecular formula is C25H32N4O4S2. The van der Waals surface area contributed by atoms with Crippen molar-refractivity contribution < 1.29 is 14.3 Å². The van der Waals surface area contributed by atoms with Crippen molar-refractivity contribution >= 4 is 52.1 Å². The summed E-state index contributed by atoms with van der Waals surface area (Å²) in [6.07, 6.45) is 3.76. The van der Waals surface area contributed by atoms with Crippen LogP contribution in [0.25, 0.3) is 6.08 Å². The number of carbonyl (C=O) groups excluding carboxylic acids is 2. The van der Waals surface area contributed by atoms with Crippen LogP contribution in [0.15, 0.2) is 9.70 Å². The number of carbonyl (C=O) groups is 2. The van der Waals surface area contributed by atoms with Crippen molar-refractivity contribution in [3.63, 3.8) is 0 Å². The summed E-state index contributed by atoms with van der Waals surface area (Å²) in [4.78, 5) is 42.8. The summed E-state index contributed by atoms with van der Waals surface area (Å²) >= 11 is 6.73. The van der Waals surface area contributed by atoms with E-state index in [1.54, 1.807) is 29.4 Å². The van der Waals surface area contributed by atoms with Crippen LogP contribution in [0.1, 0.15) is 63.6 Å². The Labute approximate surface area is 215 Å². The van der Waals surface area contributed by atoms with Crippen molar-refractivity contribution in [3.05, 3.63) is 31.9 Å². The van der Waals surface area contributed by atoms with Crippen LogP contribution in [-0.2, 0) is 20.9 Å². The molecule has 2 saturated heterocycles. The van der Waals surface area contributed by atoms with E-state index in [1.165, 1.54) is 11.8 Å². The van der Waals surface area contributed by atoms with Crippen LogP contribution in [-0.4, -0.2) is 51.4 Å². The van der Waals surface area contributed by atoms with Crippen molar-refractivity contribution in [2.45, 2.75) is 66.5 Å². The number of pyridine rings is 1. The van der Waals surface area contributed by atoms with E-state index >= 15 is 0 Å². The molecule has 0 aliphatic carbocycles. The van der Waals surface area contributed by atoms with E-state index in [4.69, 9.17) is 17.0 Å². The van der Waals surface area contributed by atoms with Gasteiger partial charge in [-0.1, -0.05) is 30.9 Å². The van der Waals surface area contributed by atoms with E-state index in [0.717, 1.165) is 6.42 Å². The van der Waals surface area contributed by atoms with E-state index in [9.17, 15) is 19.6 Å². The average Bonchev–Trinajstić information content (AvgIpc) is 3.13. The Kier molecular flexibility index (Phi) is 8.78. The number of nitrogens with zero attached hydrogens (tertiary/aromatic N) is 4. The van der Waals surface area contributed by atoms with Crippen LogP contribution in [0.2, 0.25) is 0 Å². The Morgan fingerprint density at radius 3 is 2.49 bits per heavy atom. The Bertz CT molecular complexity index is 1160. The molecule has 3 heterocycles. The highest BCUT2D eigenvalue weighted by Crippen LogP contribution is 2.37. The highest BCUT2D eigenvalue weighted by Gasteiger charge is 2.36. The number of ether oxygens (including phenoxy) is 1. The van der Waals surface area contributed by atoms with Gasteiger partial charge in [0.05, 0.1) is 17.4 Å². The first-order valence-electron chi connectivity index (χ1n) is 12.1. The summed E-state index contributed by atoms with van der Waals surface area (Å²) in [7, 11) is 0. The lowest BCUT2D eigenvalue weighted by Gasteiger charge is -2.35. The highest BCUT2D eigenvalue weighted by atomic mass is 32.2. The van der Waals surface area contributed by atoms with Gasteiger partial charge in [-0.15, -0.1) is 0 Å². The smallest absolute Gasteiger partial charge is 0.309 e. The lowest BCUT2D eigenvalue weighted by molar-refractivity contribution is -0.148. The van der Waals surface area contributed by atoms with Gasteiger partial charge in [-0.05, 0) is 58.6 Å². The van der Waals surface area contributed by atoms with Gasteiger partial charge in [-0.2, -0.15) is 5.26 Å². The van der Waals surface area contributed by atoms with Crippen molar-refractivity contribution in [2.24, 2.45) is 5.92 Å². The molecule has 2 aliphatic rings. The monoisotopic (exact) mass is 516 g/mol. The van der Waals surface area contributed by atoms with Gasteiger partial charge in [0.1, 0.15) is 21.8 Å². The zero-order chi connectivity index (χ0) is 25.9. The summed E-state index contributed by atoms with van der Waals surface area (Å²) in [6, 6.07) is 2.04. The minimum Gasteiger partial charge on any atom is -0.466 e. The zero-order valence-corrected chi connectivity index (χ0v) is 22.6. The van der Waals surface area contributed by atoms with Crippen LogP contribution in [0.3, 0.4) is 0 Å². The third-order valence-corrected chi connectivity index (χ3v) is 8.04. The number of thiocarbonyl (C=S) groups is 1. The number of esters is 1. The predicted octanol–water partition coefficient (Wildman–Crippen LogP) is 3.83. The molecule has 1 aromatic rings. The van der Waals surface area contributed by atoms with Gasteiger partial charge in [0.2, 0.25) is 0 Å². The number of anilines is 1. The number of hydrogen-bond donors (Lipinski definition) is 0. The van der Waals surface area contributed by atoms with Crippen molar-refractivity contribution in [3.8, 4) is 6.07 Å². The fraction of sp³-hybridized carbons (Fsp3) is 0.560. The van der Waals surface area contributed by atoms with Gasteiger partial charge in [-0.3, -0.25) is 23.9 Å². The Hall–Kier alpha value is -2.64. The minimum absolute atomic E-state index is 0.0184. The van der Waals surface area contributed by atoms with Gasteiger partial charge in [0.25, 0.3) is 11.5 Å². The number of hydrogen-bond acceptors (Lipinski definition) is 8. The summed E-state index contributed by atoms with van der Waals surface area (Å²) in [6.45, 7) is 11.2. The van der Waals surface area contributed by atoms with Crippen molar-refractivity contribution in [2.75, 3.05) is 24.6 Å². The fourth-order valence-electron chi connectivity index (χ4n) is 4.54. The van der Waals surface area contributed by atoms with E-state index in [2.05, 4.69) is 11.0 Å². The van der Waals surface area contributed by atoms with Gasteiger partial charge in [-0.25, -0.2) is 0 Å². The number of aromatic nitrogens is 1. The second-order valence-electron chi connectivity index (χ2n) is 8.72. The van der Waals surface area contributed by atoms with Gasteiger partial charge < -0.3 is 9.64 Å². The van der Waals surface area contributed by atoms with E-state index in [-0.39, 0.29) is 35.0 Å². The maximum absolute atomic E-state index is 13.2. The van der Waals surface area contributed by atoms with Crippen LogP contribution in [0.5, 0.6) is 0 Å². The number of nitriles is 1. The minimum atomic E-state index is -0.348. The molecule has 2 fully saturated rings. The molecule has 1 amide bonds. The number of thioether (sulfide) groups is 1. The molecule has 1 unspecified atom stereocenters. The SMILES string of the molecule is CCOC(=O)C1CCN(c2c(/C=C3/SC(=S)N(C(C)CC)C3=O)c(C)c(C#N)c(=O)n2CC)CC1. The molecule has 0 saturated carbocycles. The summed E-state index contributed by atoms with van der Waals surface area (Å²) in [5.41, 5.74) is 0.931. The number of piperidine rings is 1. The second kappa shape index (κ2) is 11.4. The lowest BCUT2D eigenvalue weighted by atomic mass is 9.95. The highest BCUT2D eigenvalue weighted by molar-refractivity contribution is 8.26.